The molecule has 0 bridgehead atoms. The largest absolute Gasteiger partial charge is 0.480 e. The van der Waals surface area contributed by atoms with Gasteiger partial charge in [-0.3, -0.25) is 4.79 Å². The van der Waals surface area contributed by atoms with E-state index in [1.165, 1.54) is 6.92 Å². The monoisotopic (exact) mass is 193 g/mol. The van der Waals surface area contributed by atoms with Gasteiger partial charge in [0.15, 0.2) is 0 Å². The standard InChI is InChI=1S/C11H15NO2/c1-8(11(2,12)10(13)14)9-6-4-3-5-7-9/h3-8H,12H2,1-2H3,(H,13,14)/t8?,11-/m0/s1. The predicted molar refractivity (Wildman–Crippen MR) is 55.1 cm³/mol. The molecule has 1 aromatic carbocycles. The van der Waals surface area contributed by atoms with E-state index in [4.69, 9.17) is 10.8 Å². The van der Waals surface area contributed by atoms with Gasteiger partial charge in [-0.25, -0.2) is 0 Å². The zero-order valence-electron chi connectivity index (χ0n) is 8.40. The molecular weight excluding hydrogens is 178 g/mol. The van der Waals surface area contributed by atoms with E-state index in [0.717, 1.165) is 5.56 Å². The third-order valence-corrected chi connectivity index (χ3v) is 2.66. The lowest BCUT2D eigenvalue weighted by Gasteiger charge is -2.27. The molecule has 3 heteroatoms. The first-order valence-corrected chi connectivity index (χ1v) is 4.53. The Morgan fingerprint density at radius 3 is 2.36 bits per heavy atom. The Hall–Kier alpha value is -1.35. The van der Waals surface area contributed by atoms with Crippen LogP contribution in [0, 0.1) is 0 Å². The topological polar surface area (TPSA) is 63.3 Å². The van der Waals surface area contributed by atoms with Crippen LogP contribution in [0.3, 0.4) is 0 Å². The fraction of sp³-hybridized carbons (Fsp3) is 0.364. The summed E-state index contributed by atoms with van der Waals surface area (Å²) in [6, 6.07) is 9.43. The fourth-order valence-electron chi connectivity index (χ4n) is 1.27. The first-order chi connectivity index (χ1) is 6.46. The van der Waals surface area contributed by atoms with Crippen molar-refractivity contribution >= 4 is 5.97 Å². The number of carbonyl (C=O) groups is 1. The number of nitrogens with two attached hydrogens (primary N) is 1. The Bertz CT molecular complexity index is 319. The average molecular weight is 193 g/mol. The minimum atomic E-state index is -1.22. The number of carboxylic acid groups (broad SMARTS) is 1. The SMILES string of the molecule is CC(c1ccccc1)[C@](C)(N)C(=O)O. The maximum Gasteiger partial charge on any atom is 0.324 e. The molecular formula is C11H15NO2. The predicted octanol–water partition coefficient (Wildman–Crippen LogP) is 1.59. The third kappa shape index (κ3) is 1.93. The number of aliphatic carboxylic acids is 1. The van der Waals surface area contributed by atoms with Crippen molar-refractivity contribution in [1.29, 1.82) is 0 Å². The molecule has 0 aliphatic rings. The van der Waals surface area contributed by atoms with Crippen molar-refractivity contribution in [3.05, 3.63) is 35.9 Å². The Morgan fingerprint density at radius 2 is 1.93 bits per heavy atom. The number of carboxylic acids is 1. The van der Waals surface area contributed by atoms with Crippen LogP contribution in [0.5, 0.6) is 0 Å². The summed E-state index contributed by atoms with van der Waals surface area (Å²) in [7, 11) is 0. The van der Waals surface area contributed by atoms with Crippen LogP contribution in [0.15, 0.2) is 30.3 Å². The molecule has 0 heterocycles. The molecule has 3 nitrogen and oxygen atoms in total. The van der Waals surface area contributed by atoms with E-state index in [1.54, 1.807) is 0 Å². The van der Waals surface area contributed by atoms with E-state index < -0.39 is 11.5 Å². The van der Waals surface area contributed by atoms with E-state index in [9.17, 15) is 4.79 Å². The van der Waals surface area contributed by atoms with Crippen LogP contribution in [0.1, 0.15) is 25.3 Å². The van der Waals surface area contributed by atoms with Gasteiger partial charge in [0.1, 0.15) is 5.54 Å². The molecule has 1 rings (SSSR count). The van der Waals surface area contributed by atoms with Gasteiger partial charge in [-0.05, 0) is 12.5 Å². The first kappa shape index (κ1) is 10.7. The van der Waals surface area contributed by atoms with E-state index in [0.29, 0.717) is 0 Å². The van der Waals surface area contributed by atoms with Crippen LogP contribution in [-0.4, -0.2) is 16.6 Å². The lowest BCUT2D eigenvalue weighted by Crippen LogP contribution is -2.49. The summed E-state index contributed by atoms with van der Waals surface area (Å²) in [5.41, 5.74) is 5.46. The Morgan fingerprint density at radius 1 is 1.43 bits per heavy atom. The van der Waals surface area contributed by atoms with Crippen molar-refractivity contribution in [3.63, 3.8) is 0 Å². The van der Waals surface area contributed by atoms with Crippen LogP contribution in [-0.2, 0) is 4.79 Å². The summed E-state index contributed by atoms with van der Waals surface area (Å²) in [5, 5.41) is 8.95. The van der Waals surface area contributed by atoms with Crippen molar-refractivity contribution in [2.75, 3.05) is 0 Å². The minimum Gasteiger partial charge on any atom is -0.480 e. The summed E-state index contributed by atoms with van der Waals surface area (Å²) < 4.78 is 0. The van der Waals surface area contributed by atoms with Crippen molar-refractivity contribution in [2.24, 2.45) is 5.73 Å². The second-order valence-electron chi connectivity index (χ2n) is 3.72. The maximum absolute atomic E-state index is 10.9. The van der Waals surface area contributed by atoms with Crippen molar-refractivity contribution in [3.8, 4) is 0 Å². The molecule has 2 atom stereocenters. The molecule has 3 N–H and O–H groups in total. The molecule has 76 valence electrons. The Balaban J connectivity index is 2.96. The number of rotatable bonds is 3. The molecule has 0 aromatic heterocycles. The van der Waals surface area contributed by atoms with Gasteiger partial charge in [0.2, 0.25) is 0 Å². The van der Waals surface area contributed by atoms with Gasteiger partial charge < -0.3 is 10.8 Å². The molecule has 0 aliphatic carbocycles. The minimum absolute atomic E-state index is 0.207. The van der Waals surface area contributed by atoms with Gasteiger partial charge in [-0.2, -0.15) is 0 Å². The Kier molecular flexibility index (Phi) is 2.91. The summed E-state index contributed by atoms with van der Waals surface area (Å²) in [6.45, 7) is 3.36. The van der Waals surface area contributed by atoms with Gasteiger partial charge in [-0.15, -0.1) is 0 Å². The molecule has 1 aromatic rings. The molecule has 14 heavy (non-hydrogen) atoms. The zero-order valence-corrected chi connectivity index (χ0v) is 8.40. The summed E-state index contributed by atoms with van der Waals surface area (Å²) in [6.07, 6.45) is 0. The molecule has 0 amide bonds. The molecule has 0 saturated heterocycles. The lowest BCUT2D eigenvalue weighted by atomic mass is 9.83. The molecule has 0 spiro atoms. The highest BCUT2D eigenvalue weighted by atomic mass is 16.4. The highest BCUT2D eigenvalue weighted by molar-refractivity contribution is 5.79. The molecule has 0 saturated carbocycles. The van der Waals surface area contributed by atoms with Gasteiger partial charge in [0.05, 0.1) is 0 Å². The second-order valence-corrected chi connectivity index (χ2v) is 3.72. The van der Waals surface area contributed by atoms with Gasteiger partial charge >= 0.3 is 5.97 Å². The molecule has 0 radical (unpaired) electrons. The lowest BCUT2D eigenvalue weighted by molar-refractivity contribution is -0.143. The van der Waals surface area contributed by atoms with Crippen LogP contribution in [0.2, 0.25) is 0 Å². The van der Waals surface area contributed by atoms with Gasteiger partial charge in [-0.1, -0.05) is 37.3 Å². The first-order valence-electron chi connectivity index (χ1n) is 4.53. The van der Waals surface area contributed by atoms with Gasteiger partial charge in [0, 0.05) is 5.92 Å². The fourth-order valence-corrected chi connectivity index (χ4v) is 1.27. The summed E-state index contributed by atoms with van der Waals surface area (Å²) in [5.74, 6) is -1.19. The smallest absolute Gasteiger partial charge is 0.324 e. The van der Waals surface area contributed by atoms with Crippen LogP contribution in [0.4, 0.5) is 0 Å². The molecule has 1 unspecified atom stereocenters. The quantitative estimate of drug-likeness (QED) is 0.766. The number of hydrogen-bond acceptors (Lipinski definition) is 2. The van der Waals surface area contributed by atoms with E-state index in [-0.39, 0.29) is 5.92 Å². The van der Waals surface area contributed by atoms with Crippen molar-refractivity contribution < 1.29 is 9.90 Å². The number of benzene rings is 1. The maximum atomic E-state index is 10.9. The van der Waals surface area contributed by atoms with E-state index in [1.807, 2.05) is 37.3 Å². The van der Waals surface area contributed by atoms with Crippen LogP contribution >= 0.6 is 0 Å². The highest BCUT2D eigenvalue weighted by Gasteiger charge is 2.35. The van der Waals surface area contributed by atoms with Crippen molar-refractivity contribution in [1.82, 2.24) is 0 Å². The highest BCUT2D eigenvalue weighted by Crippen LogP contribution is 2.25. The molecule has 0 aliphatic heterocycles. The summed E-state index contributed by atoms with van der Waals surface area (Å²) >= 11 is 0. The normalized spacial score (nSPS) is 17.1. The van der Waals surface area contributed by atoms with E-state index in [2.05, 4.69) is 0 Å². The molecule has 0 fully saturated rings. The van der Waals surface area contributed by atoms with Gasteiger partial charge in [0.25, 0.3) is 0 Å². The number of hydrogen-bond donors (Lipinski definition) is 2. The van der Waals surface area contributed by atoms with Crippen LogP contribution in [0.25, 0.3) is 0 Å². The average Bonchev–Trinajstić information content (AvgIpc) is 2.17. The van der Waals surface area contributed by atoms with E-state index >= 15 is 0 Å². The second kappa shape index (κ2) is 3.80. The zero-order chi connectivity index (χ0) is 10.8. The Labute approximate surface area is 83.6 Å². The van der Waals surface area contributed by atoms with Crippen LogP contribution < -0.4 is 5.73 Å². The van der Waals surface area contributed by atoms with Crippen molar-refractivity contribution in [2.45, 2.75) is 25.3 Å². The summed E-state index contributed by atoms with van der Waals surface area (Å²) in [4.78, 5) is 10.9. The third-order valence-electron chi connectivity index (χ3n) is 2.66.